The second kappa shape index (κ2) is 17.1. The first kappa shape index (κ1) is 51.4. The van der Waals surface area contributed by atoms with Crippen LogP contribution >= 0.6 is 0 Å². The van der Waals surface area contributed by atoms with Crippen LogP contribution in [0.1, 0.15) is 174 Å². The first-order valence-corrected chi connectivity index (χ1v) is 30.3. The Hall–Kier alpha value is -6.78. The summed E-state index contributed by atoms with van der Waals surface area (Å²) < 4.78 is 0. The van der Waals surface area contributed by atoms with Crippen molar-refractivity contribution in [1.82, 2.24) is 0 Å². The molecule has 2 atom stereocenters. The number of hydrogen-bond acceptors (Lipinski definition) is 3. The minimum atomic E-state index is -0.147. The first-order chi connectivity index (χ1) is 37.9. The van der Waals surface area contributed by atoms with Crippen LogP contribution in [0.4, 0.5) is 45.5 Å². The van der Waals surface area contributed by atoms with Gasteiger partial charge in [-0.2, -0.15) is 0 Å². The van der Waals surface area contributed by atoms with Gasteiger partial charge >= 0.3 is 0 Å². The van der Waals surface area contributed by atoms with Gasteiger partial charge in [0, 0.05) is 50.8 Å². The van der Waals surface area contributed by atoms with Crippen LogP contribution in [0.25, 0.3) is 22.3 Å². The first-order valence-electron chi connectivity index (χ1n) is 30.3. The summed E-state index contributed by atoms with van der Waals surface area (Å²) in [6.07, 6.45) is 8.20. The maximum Gasteiger partial charge on any atom is 0.252 e. The lowest BCUT2D eigenvalue weighted by atomic mass is 9.33. The molecule has 0 amide bonds. The SMILES string of the molecule is Cc1cc2c(cc1N1c3ccc(-c4ccccc4)cc3B3c4cc5c(cc4N(c4ccc(C(C)(C)C)cc4-c4ccccc4)c4cc(N6c7ccccc7C7(C)CCCCC67C)cc1c43)C(C)(C)CCC5(C)C)C(C)(C)CC2(C)C. The molecule has 1 saturated carbocycles. The van der Waals surface area contributed by atoms with Gasteiger partial charge in [-0.1, -0.05) is 205 Å². The topological polar surface area (TPSA) is 9.72 Å². The Morgan fingerprint density at radius 2 is 0.963 bits per heavy atom. The summed E-state index contributed by atoms with van der Waals surface area (Å²) in [5, 5.41) is 0. The van der Waals surface area contributed by atoms with E-state index in [9.17, 15) is 0 Å². The van der Waals surface area contributed by atoms with E-state index >= 15 is 0 Å². The Morgan fingerprint density at radius 3 is 1.64 bits per heavy atom. The smallest absolute Gasteiger partial charge is 0.252 e. The van der Waals surface area contributed by atoms with E-state index in [2.05, 4.69) is 269 Å². The highest BCUT2D eigenvalue weighted by Gasteiger charge is 2.58. The summed E-state index contributed by atoms with van der Waals surface area (Å²) in [7, 11) is 0. The van der Waals surface area contributed by atoms with Gasteiger partial charge in [0.2, 0.25) is 0 Å². The van der Waals surface area contributed by atoms with Crippen molar-refractivity contribution in [3.63, 3.8) is 0 Å². The highest BCUT2D eigenvalue weighted by molar-refractivity contribution is 7.00. The lowest BCUT2D eigenvalue weighted by molar-refractivity contribution is 0.195. The van der Waals surface area contributed by atoms with E-state index in [0.717, 1.165) is 25.7 Å². The van der Waals surface area contributed by atoms with Crippen LogP contribution in [0.3, 0.4) is 0 Å². The monoisotopic (exact) mass is 1050 g/mol. The van der Waals surface area contributed by atoms with Crippen molar-refractivity contribution in [3.05, 3.63) is 197 Å². The van der Waals surface area contributed by atoms with Gasteiger partial charge in [-0.15, -0.1) is 0 Å². The van der Waals surface area contributed by atoms with Crippen LogP contribution in [-0.2, 0) is 32.5 Å². The maximum atomic E-state index is 2.84. The number of aryl methyl sites for hydroxylation is 1. The van der Waals surface area contributed by atoms with Crippen LogP contribution < -0.4 is 31.1 Å². The second-order valence-corrected chi connectivity index (χ2v) is 29.5. The standard InChI is InChI=1S/C76H82BN3/c1-48-39-56-59(74(11,12)47-73(56,9)10)45-65(48)79-64-33-31-51(49-25-17-15-18-26-49)40-60(64)77-61-44-57-58(72(7,8)38-37-71(57,5)6)46-66(61)78(62-34-32-52(70(2,3)4)41-54(62)50-27-19-16-20-28-50)67-42-53(43-68(79)69(67)77)80-63-30-22-21-29-55(63)75(13)35-23-24-36-76(75,80)14/h15-22,25-34,39-46H,23-24,35-38,47H2,1-14H3. The molecule has 0 bridgehead atoms. The Morgan fingerprint density at radius 1 is 0.412 bits per heavy atom. The Kier molecular flexibility index (Phi) is 11.0. The van der Waals surface area contributed by atoms with E-state index in [0.29, 0.717) is 0 Å². The van der Waals surface area contributed by atoms with Gasteiger partial charge in [0.15, 0.2) is 0 Å². The normalized spacial score (nSPS) is 22.2. The molecule has 0 aromatic heterocycles. The van der Waals surface area contributed by atoms with E-state index in [4.69, 9.17) is 0 Å². The van der Waals surface area contributed by atoms with Crippen LogP contribution in [0.5, 0.6) is 0 Å². The molecule has 0 spiro atoms. The van der Waals surface area contributed by atoms with Crippen LogP contribution in [0.15, 0.2) is 158 Å². The van der Waals surface area contributed by atoms with Crippen LogP contribution in [0, 0.1) is 6.92 Å². The molecule has 14 rings (SSSR count). The number of nitrogens with zero attached hydrogens (tertiary/aromatic N) is 3. The van der Waals surface area contributed by atoms with Crippen molar-refractivity contribution in [2.24, 2.45) is 0 Å². The Bertz CT molecular complexity index is 3870. The Labute approximate surface area is 479 Å². The summed E-state index contributed by atoms with van der Waals surface area (Å²) in [6, 6.07) is 62.8. The van der Waals surface area contributed by atoms with Crippen molar-refractivity contribution >= 4 is 68.6 Å². The molecule has 1 fully saturated rings. The second-order valence-electron chi connectivity index (χ2n) is 29.5. The summed E-state index contributed by atoms with van der Waals surface area (Å²) in [5.41, 5.74) is 29.4. The van der Waals surface area contributed by atoms with E-state index in [1.165, 1.54) is 142 Å². The third-order valence-corrected chi connectivity index (χ3v) is 21.5. The number of rotatable bonds is 5. The number of benzene rings is 8. The fourth-order valence-electron chi connectivity index (χ4n) is 17.0. The van der Waals surface area contributed by atoms with E-state index in [1.54, 1.807) is 0 Å². The summed E-state index contributed by atoms with van der Waals surface area (Å²) in [6.45, 7) is 34.5. The Balaban J connectivity index is 1.16. The molecule has 8 aromatic carbocycles. The lowest BCUT2D eigenvalue weighted by Gasteiger charge is -2.51. The van der Waals surface area contributed by atoms with Crippen molar-refractivity contribution < 1.29 is 0 Å². The lowest BCUT2D eigenvalue weighted by Crippen LogP contribution is -2.62. The predicted octanol–water partition coefficient (Wildman–Crippen LogP) is 18.8. The van der Waals surface area contributed by atoms with Crippen molar-refractivity contribution in [1.29, 1.82) is 0 Å². The largest absolute Gasteiger partial charge is 0.334 e. The van der Waals surface area contributed by atoms with Gasteiger partial charge in [0.1, 0.15) is 0 Å². The fraction of sp³-hybridized carbons (Fsp3) is 0.368. The third kappa shape index (κ3) is 7.31. The molecule has 2 unspecified atom stereocenters. The quantitative estimate of drug-likeness (QED) is 0.159. The van der Waals surface area contributed by atoms with Crippen molar-refractivity contribution in [2.75, 3.05) is 14.7 Å². The van der Waals surface area contributed by atoms with Gasteiger partial charge in [-0.25, -0.2) is 0 Å². The van der Waals surface area contributed by atoms with E-state index in [-0.39, 0.29) is 44.7 Å². The molecule has 6 aliphatic rings. The average molecular weight is 1050 g/mol. The number of anilines is 8. The van der Waals surface area contributed by atoms with E-state index < -0.39 is 0 Å². The zero-order valence-corrected chi connectivity index (χ0v) is 50.4. The average Bonchev–Trinajstić information content (AvgIpc) is 1.62. The molecular weight excluding hydrogens is 966 g/mol. The molecule has 404 valence electrons. The number of fused-ring (bicyclic) bond motifs is 9. The molecule has 0 N–H and O–H groups in total. The van der Waals surface area contributed by atoms with Crippen molar-refractivity contribution in [3.8, 4) is 22.3 Å². The summed E-state index contributed by atoms with van der Waals surface area (Å²) >= 11 is 0. The maximum absolute atomic E-state index is 2.84. The van der Waals surface area contributed by atoms with Crippen molar-refractivity contribution in [2.45, 2.75) is 180 Å². The highest BCUT2D eigenvalue weighted by atomic mass is 15.3. The predicted molar refractivity (Wildman–Crippen MR) is 344 cm³/mol. The van der Waals surface area contributed by atoms with Gasteiger partial charge in [-0.05, 0) is 194 Å². The van der Waals surface area contributed by atoms with Gasteiger partial charge < -0.3 is 14.7 Å². The molecule has 3 heterocycles. The minimum absolute atomic E-state index is 0.00397. The number of hydrogen-bond donors (Lipinski definition) is 0. The van der Waals surface area contributed by atoms with Gasteiger partial charge in [0.25, 0.3) is 6.71 Å². The van der Waals surface area contributed by atoms with Crippen LogP contribution in [-0.4, -0.2) is 12.3 Å². The summed E-state index contributed by atoms with van der Waals surface area (Å²) in [4.78, 5) is 8.37. The molecule has 3 aliphatic heterocycles. The fourth-order valence-corrected chi connectivity index (χ4v) is 17.0. The van der Waals surface area contributed by atoms with Gasteiger partial charge in [0.05, 0.1) is 11.2 Å². The zero-order chi connectivity index (χ0) is 55.8. The highest BCUT2D eigenvalue weighted by Crippen LogP contribution is 2.63. The minimum Gasteiger partial charge on any atom is -0.334 e. The van der Waals surface area contributed by atoms with E-state index in [1.807, 2.05) is 0 Å². The van der Waals surface area contributed by atoms with Crippen LogP contribution in [0.2, 0.25) is 0 Å². The third-order valence-electron chi connectivity index (χ3n) is 21.5. The molecule has 8 aromatic rings. The van der Waals surface area contributed by atoms with Gasteiger partial charge in [-0.3, -0.25) is 0 Å². The molecular formula is C76H82BN3. The molecule has 3 nitrogen and oxygen atoms in total. The molecule has 4 heteroatoms. The molecule has 0 saturated heterocycles. The number of para-hydroxylation sites is 1. The molecule has 80 heavy (non-hydrogen) atoms. The summed E-state index contributed by atoms with van der Waals surface area (Å²) in [5.74, 6) is 0. The molecule has 0 radical (unpaired) electrons. The zero-order valence-electron chi connectivity index (χ0n) is 50.4. The molecule has 3 aliphatic carbocycles.